The lowest BCUT2D eigenvalue weighted by molar-refractivity contribution is 0.124. The second-order valence-electron chi connectivity index (χ2n) is 5.01. The Bertz CT molecular complexity index is 539. The monoisotopic (exact) mass is 290 g/mol. The number of anilines is 1. The van der Waals surface area contributed by atoms with E-state index in [4.69, 9.17) is 17.3 Å². The van der Waals surface area contributed by atoms with E-state index in [0.717, 1.165) is 17.1 Å². The van der Waals surface area contributed by atoms with Gasteiger partial charge in [-0.25, -0.2) is 0 Å². The Morgan fingerprint density at radius 3 is 2.30 bits per heavy atom. The fraction of sp³-hybridized carbons (Fsp3) is 0.250. The van der Waals surface area contributed by atoms with Crippen LogP contribution in [0.2, 0.25) is 5.02 Å². The lowest BCUT2D eigenvalue weighted by Crippen LogP contribution is -2.24. The molecule has 0 bridgehead atoms. The number of aliphatic hydroxyl groups is 1. The molecule has 2 aromatic carbocycles. The number of hydrogen-bond acceptors (Lipinski definition) is 3. The highest BCUT2D eigenvalue weighted by atomic mass is 35.5. The van der Waals surface area contributed by atoms with Crippen molar-refractivity contribution in [3.05, 3.63) is 64.7 Å². The molecule has 0 aliphatic heterocycles. The largest absolute Gasteiger partial charge is 0.399 e. The van der Waals surface area contributed by atoms with Crippen LogP contribution in [0.5, 0.6) is 0 Å². The smallest absolute Gasteiger partial charge is 0.0916 e. The third-order valence-corrected chi connectivity index (χ3v) is 3.42. The Hall–Kier alpha value is -1.55. The molecule has 106 valence electrons. The second kappa shape index (κ2) is 6.75. The molecular weight excluding hydrogens is 272 g/mol. The first-order chi connectivity index (χ1) is 9.54. The zero-order chi connectivity index (χ0) is 14.5. The molecular formula is C16H19ClN2O. The third kappa shape index (κ3) is 4.23. The fourth-order valence-electron chi connectivity index (χ4n) is 2.08. The van der Waals surface area contributed by atoms with Crippen molar-refractivity contribution in [2.24, 2.45) is 0 Å². The maximum absolute atomic E-state index is 10.2. The maximum Gasteiger partial charge on any atom is 0.0916 e. The summed E-state index contributed by atoms with van der Waals surface area (Å²) >= 11 is 5.86. The standard InChI is InChI=1S/C16H19ClN2O/c1-19(10-12-2-6-14(17)7-3-12)11-16(20)13-4-8-15(18)9-5-13/h2-9,16,20H,10-11,18H2,1H3. The van der Waals surface area contributed by atoms with Gasteiger partial charge in [0, 0.05) is 23.8 Å². The molecule has 3 N–H and O–H groups in total. The molecule has 20 heavy (non-hydrogen) atoms. The molecule has 0 aliphatic rings. The lowest BCUT2D eigenvalue weighted by Gasteiger charge is -2.21. The fourth-order valence-corrected chi connectivity index (χ4v) is 2.21. The van der Waals surface area contributed by atoms with Gasteiger partial charge in [0.1, 0.15) is 0 Å². The first kappa shape index (κ1) is 14.9. The molecule has 0 amide bonds. The van der Waals surface area contributed by atoms with Crippen molar-refractivity contribution in [1.82, 2.24) is 4.90 Å². The van der Waals surface area contributed by atoms with E-state index >= 15 is 0 Å². The van der Waals surface area contributed by atoms with Gasteiger partial charge in [-0.3, -0.25) is 4.90 Å². The van der Waals surface area contributed by atoms with Crippen molar-refractivity contribution in [2.45, 2.75) is 12.6 Å². The number of rotatable bonds is 5. The van der Waals surface area contributed by atoms with E-state index in [9.17, 15) is 5.11 Å². The predicted octanol–water partition coefficient (Wildman–Crippen LogP) is 3.09. The van der Waals surface area contributed by atoms with Gasteiger partial charge in [0.05, 0.1) is 6.10 Å². The van der Waals surface area contributed by atoms with Crippen LogP contribution in [-0.4, -0.2) is 23.6 Å². The van der Waals surface area contributed by atoms with E-state index in [1.807, 2.05) is 43.4 Å². The van der Waals surface area contributed by atoms with Crippen molar-refractivity contribution in [2.75, 3.05) is 19.3 Å². The summed E-state index contributed by atoms with van der Waals surface area (Å²) in [7, 11) is 1.98. The number of nitrogens with zero attached hydrogens (tertiary/aromatic N) is 1. The molecule has 1 atom stereocenters. The zero-order valence-electron chi connectivity index (χ0n) is 11.5. The first-order valence-corrected chi connectivity index (χ1v) is 6.89. The number of nitrogen functional groups attached to an aromatic ring is 1. The van der Waals surface area contributed by atoms with Crippen LogP contribution in [0.25, 0.3) is 0 Å². The highest BCUT2D eigenvalue weighted by molar-refractivity contribution is 6.30. The average Bonchev–Trinajstić information content (AvgIpc) is 2.42. The summed E-state index contributed by atoms with van der Waals surface area (Å²) in [6.07, 6.45) is -0.520. The number of aliphatic hydroxyl groups excluding tert-OH is 1. The van der Waals surface area contributed by atoms with Crippen molar-refractivity contribution in [1.29, 1.82) is 0 Å². The Labute approximate surface area is 124 Å². The van der Waals surface area contributed by atoms with Crippen LogP contribution in [0.1, 0.15) is 17.2 Å². The van der Waals surface area contributed by atoms with Crippen LogP contribution in [-0.2, 0) is 6.54 Å². The molecule has 4 heteroatoms. The molecule has 0 saturated carbocycles. The van der Waals surface area contributed by atoms with Gasteiger partial charge >= 0.3 is 0 Å². The summed E-state index contributed by atoms with van der Waals surface area (Å²) in [6.45, 7) is 1.33. The highest BCUT2D eigenvalue weighted by Crippen LogP contribution is 2.17. The molecule has 0 heterocycles. The number of likely N-dealkylation sites (N-methyl/N-ethyl adjacent to an activating group) is 1. The van der Waals surface area contributed by atoms with Crippen LogP contribution in [0, 0.1) is 0 Å². The third-order valence-electron chi connectivity index (χ3n) is 3.17. The van der Waals surface area contributed by atoms with E-state index in [1.54, 1.807) is 12.1 Å². The minimum absolute atomic E-state index is 0.520. The molecule has 3 nitrogen and oxygen atoms in total. The zero-order valence-corrected chi connectivity index (χ0v) is 12.2. The van der Waals surface area contributed by atoms with Gasteiger partial charge in [0.15, 0.2) is 0 Å². The van der Waals surface area contributed by atoms with E-state index in [2.05, 4.69) is 4.90 Å². The van der Waals surface area contributed by atoms with E-state index in [-0.39, 0.29) is 0 Å². The normalized spacial score (nSPS) is 12.6. The Morgan fingerprint density at radius 1 is 1.10 bits per heavy atom. The predicted molar refractivity (Wildman–Crippen MR) is 83.6 cm³/mol. The number of hydrogen-bond donors (Lipinski definition) is 2. The van der Waals surface area contributed by atoms with Gasteiger partial charge in [0.25, 0.3) is 0 Å². The highest BCUT2D eigenvalue weighted by Gasteiger charge is 2.10. The van der Waals surface area contributed by atoms with Crippen LogP contribution in [0.4, 0.5) is 5.69 Å². The van der Waals surface area contributed by atoms with Crippen LogP contribution in [0.3, 0.4) is 0 Å². The van der Waals surface area contributed by atoms with Gasteiger partial charge < -0.3 is 10.8 Å². The van der Waals surface area contributed by atoms with Gasteiger partial charge in [-0.15, -0.1) is 0 Å². The second-order valence-corrected chi connectivity index (χ2v) is 5.44. The van der Waals surface area contributed by atoms with Gasteiger partial charge in [-0.1, -0.05) is 35.9 Å². The minimum Gasteiger partial charge on any atom is -0.399 e. The summed E-state index contributed by atoms with van der Waals surface area (Å²) in [5.74, 6) is 0. The van der Waals surface area contributed by atoms with E-state index in [1.165, 1.54) is 5.56 Å². The number of nitrogens with two attached hydrogens (primary N) is 1. The number of benzene rings is 2. The Kier molecular flexibility index (Phi) is 5.01. The van der Waals surface area contributed by atoms with Crippen molar-refractivity contribution < 1.29 is 5.11 Å². The molecule has 2 rings (SSSR count). The van der Waals surface area contributed by atoms with Gasteiger partial charge in [-0.2, -0.15) is 0 Å². The van der Waals surface area contributed by atoms with Crippen LogP contribution >= 0.6 is 11.6 Å². The lowest BCUT2D eigenvalue weighted by atomic mass is 10.1. The molecule has 1 unspecified atom stereocenters. The molecule has 0 fully saturated rings. The molecule has 0 radical (unpaired) electrons. The van der Waals surface area contributed by atoms with Crippen molar-refractivity contribution in [3.63, 3.8) is 0 Å². The summed E-state index contributed by atoms with van der Waals surface area (Å²) in [4.78, 5) is 2.07. The maximum atomic E-state index is 10.2. The summed E-state index contributed by atoms with van der Waals surface area (Å²) in [6, 6.07) is 15.1. The van der Waals surface area contributed by atoms with Crippen LogP contribution < -0.4 is 5.73 Å². The molecule has 2 aromatic rings. The molecule has 0 saturated heterocycles. The molecule has 0 aliphatic carbocycles. The summed E-state index contributed by atoms with van der Waals surface area (Å²) < 4.78 is 0. The van der Waals surface area contributed by atoms with Crippen molar-refractivity contribution in [3.8, 4) is 0 Å². The van der Waals surface area contributed by atoms with Crippen molar-refractivity contribution >= 4 is 17.3 Å². The van der Waals surface area contributed by atoms with E-state index in [0.29, 0.717) is 12.2 Å². The summed E-state index contributed by atoms with van der Waals surface area (Å²) in [5, 5.41) is 10.9. The molecule has 0 aromatic heterocycles. The van der Waals surface area contributed by atoms with Gasteiger partial charge in [0.2, 0.25) is 0 Å². The first-order valence-electron chi connectivity index (χ1n) is 6.51. The quantitative estimate of drug-likeness (QED) is 0.832. The SMILES string of the molecule is CN(Cc1ccc(Cl)cc1)CC(O)c1ccc(N)cc1. The van der Waals surface area contributed by atoms with E-state index < -0.39 is 6.10 Å². The minimum atomic E-state index is -0.520. The van der Waals surface area contributed by atoms with Gasteiger partial charge in [-0.05, 0) is 42.4 Å². The number of halogens is 1. The Balaban J connectivity index is 1.92. The topological polar surface area (TPSA) is 49.5 Å². The average molecular weight is 291 g/mol. The Morgan fingerprint density at radius 2 is 1.70 bits per heavy atom. The summed E-state index contributed by atoms with van der Waals surface area (Å²) in [5.41, 5.74) is 8.39. The molecule has 0 spiro atoms. The van der Waals surface area contributed by atoms with Crippen LogP contribution in [0.15, 0.2) is 48.5 Å².